The minimum absolute atomic E-state index is 0.284. The van der Waals surface area contributed by atoms with Crippen LogP contribution in [0.15, 0.2) is 12.1 Å². The van der Waals surface area contributed by atoms with Crippen molar-refractivity contribution in [1.29, 1.82) is 0 Å². The predicted molar refractivity (Wildman–Crippen MR) is 45.7 cm³/mol. The van der Waals surface area contributed by atoms with E-state index in [0.717, 1.165) is 12.1 Å². The molecule has 0 amide bonds. The highest BCUT2D eigenvalue weighted by Crippen LogP contribution is 2.24. The van der Waals surface area contributed by atoms with Crippen LogP contribution in [0, 0.1) is 15.2 Å². The van der Waals surface area contributed by atoms with E-state index < -0.39 is 24.0 Å². The molecular weight excluding hydrogens is 303 g/mol. The van der Waals surface area contributed by atoms with Gasteiger partial charge < -0.3 is 4.74 Å². The zero-order valence-corrected chi connectivity index (χ0v) is 8.19. The highest BCUT2D eigenvalue weighted by atomic mass is 127. The maximum Gasteiger partial charge on any atom is 0.387 e. The highest BCUT2D eigenvalue weighted by molar-refractivity contribution is 14.1. The Balaban J connectivity index is 3.05. The van der Waals surface area contributed by atoms with E-state index in [1.165, 1.54) is 0 Å². The molecule has 0 saturated carbocycles. The van der Waals surface area contributed by atoms with Crippen LogP contribution in [0.2, 0.25) is 0 Å². The summed E-state index contributed by atoms with van der Waals surface area (Å²) in [6, 6.07) is 1.87. The maximum absolute atomic E-state index is 12.7. The third kappa shape index (κ3) is 2.71. The van der Waals surface area contributed by atoms with Gasteiger partial charge in [-0.25, -0.2) is 4.39 Å². The first kappa shape index (κ1) is 10.6. The summed E-state index contributed by atoms with van der Waals surface area (Å²) >= 11 is 1.66. The molecule has 0 aliphatic rings. The quantitative estimate of drug-likeness (QED) is 0.463. The summed E-state index contributed by atoms with van der Waals surface area (Å²) in [5, 5.41) is 0. The monoisotopic (exact) mass is 306 g/mol. The van der Waals surface area contributed by atoms with E-state index in [1.807, 2.05) is 0 Å². The second-order valence-corrected chi connectivity index (χ2v) is 3.32. The Bertz CT molecular complexity index is 316. The molecule has 0 aliphatic heterocycles. The van der Waals surface area contributed by atoms with E-state index in [9.17, 15) is 17.6 Å². The molecule has 6 heteroatoms. The molecule has 0 unspecified atom stereocenters. The summed E-state index contributed by atoms with van der Waals surface area (Å²) in [5.74, 6) is -3.39. The van der Waals surface area contributed by atoms with Crippen LogP contribution >= 0.6 is 22.6 Å². The van der Waals surface area contributed by atoms with Crippen molar-refractivity contribution in [3.8, 4) is 5.75 Å². The number of benzene rings is 1. The molecule has 0 bridgehead atoms. The summed E-state index contributed by atoms with van der Waals surface area (Å²) in [6.07, 6.45) is 0. The smallest absolute Gasteiger partial charge is 0.387 e. The lowest BCUT2D eigenvalue weighted by molar-refractivity contribution is -0.0525. The van der Waals surface area contributed by atoms with Crippen LogP contribution in [0.5, 0.6) is 5.75 Å². The Kier molecular flexibility index (Phi) is 3.34. The minimum atomic E-state index is -3.16. The van der Waals surface area contributed by atoms with Crippen molar-refractivity contribution in [2.45, 2.75) is 6.61 Å². The Morgan fingerprint density at radius 1 is 1.23 bits per heavy atom. The molecule has 0 heterocycles. The Labute approximate surface area is 84.8 Å². The van der Waals surface area contributed by atoms with Gasteiger partial charge in [0, 0.05) is 3.57 Å². The van der Waals surface area contributed by atoms with Crippen LogP contribution in [-0.4, -0.2) is 6.61 Å². The molecule has 0 radical (unpaired) electrons. The molecule has 72 valence electrons. The standard InChI is InChI=1S/C7H3F4IO/c8-4-1-3(12)2-5(6(4)9)13-7(10)11/h1-2,7H. The summed E-state index contributed by atoms with van der Waals surface area (Å²) in [7, 11) is 0. The topological polar surface area (TPSA) is 9.23 Å². The van der Waals surface area contributed by atoms with Gasteiger partial charge in [0.05, 0.1) is 0 Å². The highest BCUT2D eigenvalue weighted by Gasteiger charge is 2.14. The molecule has 13 heavy (non-hydrogen) atoms. The lowest BCUT2D eigenvalue weighted by Gasteiger charge is -2.06. The van der Waals surface area contributed by atoms with E-state index in [0.29, 0.717) is 0 Å². The summed E-state index contributed by atoms with van der Waals surface area (Å²) in [5.41, 5.74) is 0. The first-order chi connectivity index (χ1) is 6.00. The third-order valence-corrected chi connectivity index (χ3v) is 1.80. The minimum Gasteiger partial charge on any atom is -0.432 e. The molecule has 1 rings (SSSR count). The fourth-order valence-corrected chi connectivity index (χ4v) is 1.27. The first-order valence-corrected chi connectivity index (χ1v) is 4.18. The second kappa shape index (κ2) is 4.12. The van der Waals surface area contributed by atoms with Gasteiger partial charge in [0.1, 0.15) is 0 Å². The molecule has 0 saturated heterocycles. The van der Waals surface area contributed by atoms with Crippen LogP contribution in [0.25, 0.3) is 0 Å². The number of alkyl halides is 2. The van der Waals surface area contributed by atoms with Crippen molar-refractivity contribution in [3.63, 3.8) is 0 Å². The Morgan fingerprint density at radius 2 is 1.85 bits per heavy atom. The molecule has 0 aliphatic carbocycles. The van der Waals surface area contributed by atoms with Crippen molar-refractivity contribution >= 4 is 22.6 Å². The van der Waals surface area contributed by atoms with Crippen LogP contribution < -0.4 is 4.74 Å². The molecule has 0 aromatic heterocycles. The van der Waals surface area contributed by atoms with Crippen LogP contribution in [0.1, 0.15) is 0 Å². The largest absolute Gasteiger partial charge is 0.432 e. The van der Waals surface area contributed by atoms with E-state index in [1.54, 1.807) is 22.6 Å². The van der Waals surface area contributed by atoms with Gasteiger partial charge in [-0.2, -0.15) is 13.2 Å². The second-order valence-electron chi connectivity index (χ2n) is 2.08. The van der Waals surface area contributed by atoms with Crippen molar-refractivity contribution in [2.75, 3.05) is 0 Å². The third-order valence-electron chi connectivity index (χ3n) is 1.18. The van der Waals surface area contributed by atoms with Gasteiger partial charge in [0.15, 0.2) is 11.6 Å². The molecule has 0 fully saturated rings. The molecule has 0 spiro atoms. The molecule has 1 aromatic rings. The molecule has 0 atom stereocenters. The fourth-order valence-electron chi connectivity index (χ4n) is 0.714. The van der Waals surface area contributed by atoms with E-state index >= 15 is 0 Å². The van der Waals surface area contributed by atoms with Crippen molar-refractivity contribution in [3.05, 3.63) is 27.3 Å². The summed E-state index contributed by atoms with van der Waals surface area (Å²) in [4.78, 5) is 0. The van der Waals surface area contributed by atoms with Crippen molar-refractivity contribution in [2.24, 2.45) is 0 Å². The van der Waals surface area contributed by atoms with E-state index in [4.69, 9.17) is 0 Å². The lowest BCUT2D eigenvalue weighted by Crippen LogP contribution is -2.05. The zero-order valence-electron chi connectivity index (χ0n) is 6.03. The molecule has 1 aromatic carbocycles. The van der Waals surface area contributed by atoms with Crippen LogP contribution in [0.4, 0.5) is 17.6 Å². The van der Waals surface area contributed by atoms with E-state index in [2.05, 4.69) is 4.74 Å². The first-order valence-electron chi connectivity index (χ1n) is 3.10. The van der Waals surface area contributed by atoms with Crippen LogP contribution in [-0.2, 0) is 0 Å². The van der Waals surface area contributed by atoms with Gasteiger partial charge in [-0.1, -0.05) is 0 Å². The SMILES string of the molecule is Fc1cc(I)cc(OC(F)F)c1F. The number of halogens is 5. The molecular formula is C7H3F4IO. The summed E-state index contributed by atoms with van der Waals surface area (Å²) in [6.45, 7) is -3.16. The number of rotatable bonds is 2. The van der Waals surface area contributed by atoms with Gasteiger partial charge >= 0.3 is 6.61 Å². The van der Waals surface area contributed by atoms with Crippen molar-refractivity contribution < 1.29 is 22.3 Å². The average Bonchev–Trinajstić information content (AvgIpc) is 1.98. The number of ether oxygens (including phenoxy) is 1. The average molecular weight is 306 g/mol. The normalized spacial score (nSPS) is 10.6. The maximum atomic E-state index is 12.7. The van der Waals surface area contributed by atoms with Gasteiger partial charge in [-0.15, -0.1) is 0 Å². The van der Waals surface area contributed by atoms with Crippen molar-refractivity contribution in [1.82, 2.24) is 0 Å². The van der Waals surface area contributed by atoms with E-state index in [-0.39, 0.29) is 3.57 Å². The Hall–Kier alpha value is -0.530. The fraction of sp³-hybridized carbons (Fsp3) is 0.143. The molecule has 1 nitrogen and oxygen atoms in total. The Morgan fingerprint density at radius 3 is 2.38 bits per heavy atom. The lowest BCUT2D eigenvalue weighted by atomic mass is 10.3. The van der Waals surface area contributed by atoms with Gasteiger partial charge in [-0.05, 0) is 34.7 Å². The van der Waals surface area contributed by atoms with Crippen LogP contribution in [0.3, 0.4) is 0 Å². The van der Waals surface area contributed by atoms with Gasteiger partial charge in [0.2, 0.25) is 5.82 Å². The molecule has 0 N–H and O–H groups in total. The van der Waals surface area contributed by atoms with Gasteiger partial charge in [-0.3, -0.25) is 0 Å². The number of hydrogen-bond donors (Lipinski definition) is 0. The predicted octanol–water partition coefficient (Wildman–Crippen LogP) is 3.17. The summed E-state index contributed by atoms with van der Waals surface area (Å²) < 4.78 is 52.6. The zero-order chi connectivity index (χ0) is 10.0. The van der Waals surface area contributed by atoms with Gasteiger partial charge in [0.25, 0.3) is 0 Å². The number of hydrogen-bond acceptors (Lipinski definition) is 1.